The Bertz CT molecular complexity index is 1090. The molecule has 30 heavy (non-hydrogen) atoms. The van der Waals surface area contributed by atoms with Gasteiger partial charge in [0.2, 0.25) is 11.8 Å². The second kappa shape index (κ2) is 8.04. The summed E-state index contributed by atoms with van der Waals surface area (Å²) in [6.45, 7) is 1.97. The predicted octanol–water partition coefficient (Wildman–Crippen LogP) is 3.33. The van der Waals surface area contributed by atoms with Crippen LogP contribution >= 0.6 is 0 Å². The number of hydroxylamine groups is 1. The van der Waals surface area contributed by atoms with Crippen molar-refractivity contribution in [3.63, 3.8) is 0 Å². The number of para-hydroxylation sites is 1. The molecule has 4 rings (SSSR count). The van der Waals surface area contributed by atoms with Crippen LogP contribution in [0, 0.1) is 23.8 Å². The molecule has 0 saturated carbocycles. The zero-order valence-corrected chi connectivity index (χ0v) is 16.3. The van der Waals surface area contributed by atoms with Crippen LogP contribution in [0.3, 0.4) is 0 Å². The van der Waals surface area contributed by atoms with Crippen LogP contribution in [0.4, 0.5) is 26.2 Å². The van der Waals surface area contributed by atoms with Gasteiger partial charge in [0.05, 0.1) is 17.9 Å². The van der Waals surface area contributed by atoms with Crippen LogP contribution in [0.2, 0.25) is 0 Å². The third-order valence-electron chi connectivity index (χ3n) is 5.04. The van der Waals surface area contributed by atoms with Crippen molar-refractivity contribution < 1.29 is 13.9 Å². The van der Waals surface area contributed by atoms with Gasteiger partial charge in [-0.2, -0.15) is 4.98 Å². The van der Waals surface area contributed by atoms with E-state index in [4.69, 9.17) is 5.11 Å². The lowest BCUT2D eigenvalue weighted by atomic mass is 10.00. The quantitative estimate of drug-likeness (QED) is 0.439. The van der Waals surface area contributed by atoms with Gasteiger partial charge < -0.3 is 15.6 Å². The summed E-state index contributed by atoms with van der Waals surface area (Å²) < 4.78 is 27.1. The van der Waals surface area contributed by atoms with Gasteiger partial charge in [-0.15, -0.1) is 0 Å². The van der Waals surface area contributed by atoms with E-state index >= 15 is 0 Å². The molecule has 1 atom stereocenters. The number of halogens is 2. The maximum absolute atomic E-state index is 14.6. The average molecular weight is 413 g/mol. The van der Waals surface area contributed by atoms with E-state index in [1.54, 1.807) is 19.1 Å². The van der Waals surface area contributed by atoms with Crippen LogP contribution in [0.25, 0.3) is 11.3 Å². The highest BCUT2D eigenvalue weighted by molar-refractivity contribution is 5.75. The zero-order chi connectivity index (χ0) is 21.3. The standard InChI is InChI=1S/C21H21F2N5O2/c1-13-10-14(22)6-7-15(13)19-16-11-24-12-28(30,18-5-3-2-4-17(18)23)20(16)27-21(26-19)25-8-9-29/h2-7,10,24,29H,8-9,11-12H2,1H3,(H,25,26,27). The summed E-state index contributed by atoms with van der Waals surface area (Å²) in [5, 5.41) is 29.0. The monoisotopic (exact) mass is 413 g/mol. The molecular formula is C21H21F2N5O2. The average Bonchev–Trinajstić information content (AvgIpc) is 2.73. The molecule has 1 aromatic heterocycles. The van der Waals surface area contributed by atoms with Gasteiger partial charge >= 0.3 is 0 Å². The molecule has 0 saturated heterocycles. The molecule has 7 nitrogen and oxygen atoms in total. The first-order chi connectivity index (χ1) is 14.4. The minimum atomic E-state index is -1.15. The summed E-state index contributed by atoms with van der Waals surface area (Å²) in [4.78, 5) is 8.93. The Morgan fingerprint density at radius 3 is 2.73 bits per heavy atom. The molecule has 1 unspecified atom stereocenters. The van der Waals surface area contributed by atoms with Gasteiger partial charge in [-0.3, -0.25) is 9.96 Å². The first-order valence-electron chi connectivity index (χ1n) is 9.51. The van der Waals surface area contributed by atoms with E-state index in [-0.39, 0.29) is 43.1 Å². The SMILES string of the molecule is Cc1cc(F)ccc1-c1nc(NCCO)nc2c1CNC[N+]2([O-])c1ccccc1F. The highest BCUT2D eigenvalue weighted by Gasteiger charge is 2.37. The molecule has 1 aliphatic rings. The lowest BCUT2D eigenvalue weighted by Gasteiger charge is -2.44. The topological polar surface area (TPSA) is 93.1 Å². The van der Waals surface area contributed by atoms with E-state index < -0.39 is 10.5 Å². The van der Waals surface area contributed by atoms with Gasteiger partial charge in [0, 0.05) is 24.7 Å². The van der Waals surface area contributed by atoms with Crippen LogP contribution in [-0.4, -0.2) is 34.9 Å². The molecule has 0 aliphatic carbocycles. The molecule has 2 heterocycles. The lowest BCUT2D eigenvalue weighted by molar-refractivity contribution is 0.310. The molecule has 3 N–H and O–H groups in total. The fraction of sp³-hybridized carbons (Fsp3) is 0.238. The molecule has 0 fully saturated rings. The summed E-state index contributed by atoms with van der Waals surface area (Å²) in [6.07, 6.45) is 0. The molecule has 0 bridgehead atoms. The number of aromatic nitrogens is 2. The number of benzene rings is 2. The lowest BCUT2D eigenvalue weighted by Crippen LogP contribution is -2.50. The molecule has 9 heteroatoms. The molecule has 156 valence electrons. The summed E-state index contributed by atoms with van der Waals surface area (Å²) in [5.74, 6) is -0.771. The van der Waals surface area contributed by atoms with Gasteiger partial charge in [-0.05, 0) is 36.8 Å². The largest absolute Gasteiger partial charge is 0.620 e. The predicted molar refractivity (Wildman–Crippen MR) is 111 cm³/mol. The normalized spacial score (nSPS) is 18.2. The van der Waals surface area contributed by atoms with Crippen LogP contribution in [0.15, 0.2) is 42.5 Å². The molecule has 0 amide bonds. The Balaban J connectivity index is 1.97. The number of hydrogen-bond acceptors (Lipinski definition) is 6. The molecule has 3 aromatic rings. The van der Waals surface area contributed by atoms with Gasteiger partial charge in [0.15, 0.2) is 11.5 Å². The second-order valence-corrected chi connectivity index (χ2v) is 7.08. The van der Waals surface area contributed by atoms with Gasteiger partial charge in [-0.25, -0.2) is 13.8 Å². The number of hydrogen-bond donors (Lipinski definition) is 3. The fourth-order valence-corrected chi connectivity index (χ4v) is 3.65. The van der Waals surface area contributed by atoms with Gasteiger partial charge in [-0.1, -0.05) is 12.1 Å². The number of quaternary nitrogens is 1. The number of aliphatic hydroxyl groups is 1. The summed E-state index contributed by atoms with van der Waals surface area (Å²) in [5.41, 5.74) is 2.19. The van der Waals surface area contributed by atoms with E-state index in [1.807, 2.05) is 0 Å². The molecular weight excluding hydrogens is 392 g/mol. The second-order valence-electron chi connectivity index (χ2n) is 7.08. The van der Waals surface area contributed by atoms with Crippen LogP contribution in [0.5, 0.6) is 0 Å². The van der Waals surface area contributed by atoms with Crippen molar-refractivity contribution in [1.82, 2.24) is 19.9 Å². The molecule has 0 spiro atoms. The van der Waals surface area contributed by atoms with Crippen molar-refractivity contribution in [2.45, 2.75) is 13.5 Å². The minimum absolute atomic E-state index is 0.0699. The van der Waals surface area contributed by atoms with E-state index in [0.29, 0.717) is 28.9 Å². The molecule has 2 aromatic carbocycles. The van der Waals surface area contributed by atoms with E-state index in [1.165, 1.54) is 30.3 Å². The van der Waals surface area contributed by atoms with Crippen molar-refractivity contribution >= 4 is 17.5 Å². The Morgan fingerprint density at radius 2 is 2.00 bits per heavy atom. The minimum Gasteiger partial charge on any atom is -0.620 e. The number of aryl methyl sites for hydroxylation is 1. The summed E-state index contributed by atoms with van der Waals surface area (Å²) >= 11 is 0. The van der Waals surface area contributed by atoms with E-state index in [0.717, 1.165) is 0 Å². The number of rotatable bonds is 5. The van der Waals surface area contributed by atoms with Crippen molar-refractivity contribution in [3.05, 3.63) is 70.4 Å². The number of aliphatic hydroxyl groups excluding tert-OH is 1. The zero-order valence-electron chi connectivity index (χ0n) is 16.3. The number of nitrogens with zero attached hydrogens (tertiary/aromatic N) is 3. The number of anilines is 1. The van der Waals surface area contributed by atoms with Gasteiger partial charge in [0.1, 0.15) is 12.5 Å². The van der Waals surface area contributed by atoms with E-state index in [9.17, 15) is 14.0 Å². The van der Waals surface area contributed by atoms with Crippen molar-refractivity contribution in [2.75, 3.05) is 25.1 Å². The van der Waals surface area contributed by atoms with Gasteiger partial charge in [0.25, 0.3) is 0 Å². The Morgan fingerprint density at radius 1 is 1.20 bits per heavy atom. The fourth-order valence-electron chi connectivity index (χ4n) is 3.65. The van der Waals surface area contributed by atoms with Crippen LogP contribution in [-0.2, 0) is 6.54 Å². The highest BCUT2D eigenvalue weighted by atomic mass is 19.1. The summed E-state index contributed by atoms with van der Waals surface area (Å²) in [7, 11) is 0. The third kappa shape index (κ3) is 3.52. The highest BCUT2D eigenvalue weighted by Crippen LogP contribution is 2.42. The molecule has 1 aliphatic heterocycles. The van der Waals surface area contributed by atoms with E-state index in [2.05, 4.69) is 20.6 Å². The Hall–Kier alpha value is -2.98. The van der Waals surface area contributed by atoms with Crippen LogP contribution < -0.4 is 15.3 Å². The van der Waals surface area contributed by atoms with Crippen LogP contribution in [0.1, 0.15) is 11.1 Å². The first-order valence-corrected chi connectivity index (χ1v) is 9.51. The smallest absolute Gasteiger partial charge is 0.243 e. The van der Waals surface area contributed by atoms with Crippen molar-refractivity contribution in [1.29, 1.82) is 0 Å². The first kappa shape index (κ1) is 20.3. The summed E-state index contributed by atoms with van der Waals surface area (Å²) in [6, 6.07) is 10.1. The number of nitrogens with one attached hydrogen (secondary N) is 2. The maximum atomic E-state index is 14.6. The Kier molecular flexibility index (Phi) is 5.44. The van der Waals surface area contributed by atoms with Crippen molar-refractivity contribution in [3.8, 4) is 11.3 Å². The third-order valence-corrected chi connectivity index (χ3v) is 5.04. The maximum Gasteiger partial charge on any atom is 0.243 e. The molecule has 0 radical (unpaired) electrons. The number of fused-ring (bicyclic) bond motifs is 1. The Labute approximate surface area is 172 Å². The van der Waals surface area contributed by atoms with Crippen molar-refractivity contribution in [2.24, 2.45) is 0 Å².